The second-order valence-electron chi connectivity index (χ2n) is 5.96. The second kappa shape index (κ2) is 8.22. The molecule has 0 aliphatic rings. The molecule has 1 heterocycles. The summed E-state index contributed by atoms with van der Waals surface area (Å²) < 4.78 is 24.4. The SMILES string of the molecule is Cc1nc(CNC(=O)[C@H](C)Oc2cccc(F)c2)oc1-c1ccc(Cl)cc1. The second-order valence-corrected chi connectivity index (χ2v) is 6.40. The molecule has 3 rings (SSSR count). The summed E-state index contributed by atoms with van der Waals surface area (Å²) >= 11 is 5.90. The van der Waals surface area contributed by atoms with Crippen LogP contribution in [0.2, 0.25) is 5.02 Å². The molecule has 1 N–H and O–H groups in total. The third-order valence-electron chi connectivity index (χ3n) is 3.84. The summed E-state index contributed by atoms with van der Waals surface area (Å²) in [5.74, 6) is 0.506. The summed E-state index contributed by atoms with van der Waals surface area (Å²) in [6.45, 7) is 3.53. The van der Waals surface area contributed by atoms with Crippen LogP contribution in [0.4, 0.5) is 4.39 Å². The van der Waals surface area contributed by atoms with E-state index < -0.39 is 11.9 Å². The number of rotatable bonds is 6. The van der Waals surface area contributed by atoms with Gasteiger partial charge in [-0.15, -0.1) is 0 Å². The number of ether oxygens (including phenoxy) is 1. The third-order valence-corrected chi connectivity index (χ3v) is 4.09. The average Bonchev–Trinajstić information content (AvgIpc) is 3.01. The Hall–Kier alpha value is -2.86. The van der Waals surface area contributed by atoms with Crippen molar-refractivity contribution in [1.82, 2.24) is 10.3 Å². The molecule has 0 aliphatic carbocycles. The first-order valence-electron chi connectivity index (χ1n) is 8.34. The highest BCUT2D eigenvalue weighted by Crippen LogP contribution is 2.25. The lowest BCUT2D eigenvalue weighted by atomic mass is 10.1. The molecule has 0 unspecified atom stereocenters. The third kappa shape index (κ3) is 4.86. The van der Waals surface area contributed by atoms with Gasteiger partial charge in [0.05, 0.1) is 12.2 Å². The highest BCUT2D eigenvalue weighted by Gasteiger charge is 2.17. The molecular formula is C20H18ClFN2O3. The molecule has 5 nitrogen and oxygen atoms in total. The Morgan fingerprint density at radius 1 is 1.30 bits per heavy atom. The van der Waals surface area contributed by atoms with Gasteiger partial charge in [-0.3, -0.25) is 4.79 Å². The first-order chi connectivity index (χ1) is 12.9. The van der Waals surface area contributed by atoms with E-state index in [0.29, 0.717) is 22.4 Å². The van der Waals surface area contributed by atoms with Crippen molar-refractivity contribution in [1.29, 1.82) is 0 Å². The van der Waals surface area contributed by atoms with Gasteiger partial charge < -0.3 is 14.5 Å². The first-order valence-corrected chi connectivity index (χ1v) is 8.72. The number of nitrogens with one attached hydrogen (secondary N) is 1. The standard InChI is InChI=1S/C20H18ClFN2O3/c1-12-19(14-6-8-15(21)9-7-14)27-18(24-12)11-23-20(25)13(2)26-17-5-3-4-16(22)10-17/h3-10,13H,11H2,1-2H3,(H,23,25)/t13-/m0/s1. The van der Waals surface area contributed by atoms with E-state index in [1.807, 2.05) is 19.1 Å². The minimum absolute atomic E-state index is 0.115. The smallest absolute Gasteiger partial charge is 0.261 e. The summed E-state index contributed by atoms with van der Waals surface area (Å²) in [7, 11) is 0. The van der Waals surface area contributed by atoms with Crippen LogP contribution in [0.1, 0.15) is 18.5 Å². The molecule has 3 aromatic rings. The zero-order valence-corrected chi connectivity index (χ0v) is 15.6. The molecule has 0 fully saturated rings. The van der Waals surface area contributed by atoms with Gasteiger partial charge in [-0.25, -0.2) is 9.37 Å². The Morgan fingerprint density at radius 3 is 2.74 bits per heavy atom. The number of carbonyl (C=O) groups is 1. The molecule has 7 heteroatoms. The molecular weight excluding hydrogens is 371 g/mol. The van der Waals surface area contributed by atoms with Gasteiger partial charge in [-0.05, 0) is 50.2 Å². The van der Waals surface area contributed by atoms with Crippen LogP contribution < -0.4 is 10.1 Å². The lowest BCUT2D eigenvalue weighted by Gasteiger charge is -2.14. The molecule has 0 saturated carbocycles. The Balaban J connectivity index is 1.60. The summed E-state index contributed by atoms with van der Waals surface area (Å²) in [5, 5.41) is 3.33. The number of oxazole rings is 1. The number of carbonyl (C=O) groups excluding carboxylic acids is 1. The van der Waals surface area contributed by atoms with Gasteiger partial charge in [0.1, 0.15) is 11.6 Å². The lowest BCUT2D eigenvalue weighted by molar-refractivity contribution is -0.127. The molecule has 140 valence electrons. The quantitative estimate of drug-likeness (QED) is 0.674. The fraction of sp³-hybridized carbons (Fsp3) is 0.200. The van der Waals surface area contributed by atoms with Crippen molar-refractivity contribution in [3.8, 4) is 17.1 Å². The van der Waals surface area contributed by atoms with E-state index in [9.17, 15) is 9.18 Å². The van der Waals surface area contributed by atoms with Gasteiger partial charge in [0.15, 0.2) is 11.9 Å². The van der Waals surface area contributed by atoms with Crippen molar-refractivity contribution in [3.05, 3.63) is 71.0 Å². The number of halogens is 2. The van der Waals surface area contributed by atoms with Crippen molar-refractivity contribution in [2.75, 3.05) is 0 Å². The largest absolute Gasteiger partial charge is 0.481 e. The molecule has 0 spiro atoms. The van der Waals surface area contributed by atoms with Gasteiger partial charge in [0.25, 0.3) is 5.91 Å². The Bertz CT molecular complexity index is 941. The molecule has 1 aromatic heterocycles. The van der Waals surface area contributed by atoms with Crippen LogP contribution in [0.15, 0.2) is 52.9 Å². The maximum absolute atomic E-state index is 13.2. The number of hydrogen-bond donors (Lipinski definition) is 1. The van der Waals surface area contributed by atoms with Crippen LogP contribution in [0.3, 0.4) is 0 Å². The topological polar surface area (TPSA) is 64.4 Å². The van der Waals surface area contributed by atoms with Crippen LogP contribution in [0.5, 0.6) is 5.75 Å². The molecule has 0 radical (unpaired) electrons. The minimum Gasteiger partial charge on any atom is -0.481 e. The molecule has 2 aromatic carbocycles. The molecule has 1 amide bonds. The zero-order chi connectivity index (χ0) is 19.4. The fourth-order valence-corrected chi connectivity index (χ4v) is 2.63. The van der Waals surface area contributed by atoms with Crippen LogP contribution >= 0.6 is 11.6 Å². The number of nitrogens with zero attached hydrogens (tertiary/aromatic N) is 1. The first kappa shape index (κ1) is 18.9. The van der Waals surface area contributed by atoms with E-state index in [1.54, 1.807) is 25.1 Å². The van der Waals surface area contributed by atoms with Crippen molar-refractivity contribution in [2.24, 2.45) is 0 Å². The predicted molar refractivity (Wildman–Crippen MR) is 100 cm³/mol. The van der Waals surface area contributed by atoms with Crippen molar-refractivity contribution < 1.29 is 18.3 Å². The maximum atomic E-state index is 13.2. The number of benzene rings is 2. The highest BCUT2D eigenvalue weighted by molar-refractivity contribution is 6.30. The van der Waals surface area contributed by atoms with E-state index in [2.05, 4.69) is 10.3 Å². The Labute approximate surface area is 161 Å². The highest BCUT2D eigenvalue weighted by atomic mass is 35.5. The summed E-state index contributed by atoms with van der Waals surface area (Å²) in [6, 6.07) is 12.9. The van der Waals surface area contributed by atoms with E-state index in [0.717, 1.165) is 5.56 Å². The number of aromatic nitrogens is 1. The van der Waals surface area contributed by atoms with E-state index >= 15 is 0 Å². The monoisotopic (exact) mass is 388 g/mol. The van der Waals surface area contributed by atoms with Crippen LogP contribution in [-0.2, 0) is 11.3 Å². The van der Waals surface area contributed by atoms with Crippen molar-refractivity contribution in [2.45, 2.75) is 26.5 Å². The van der Waals surface area contributed by atoms with Gasteiger partial charge >= 0.3 is 0 Å². The average molecular weight is 389 g/mol. The van der Waals surface area contributed by atoms with Crippen LogP contribution in [-0.4, -0.2) is 17.0 Å². The molecule has 27 heavy (non-hydrogen) atoms. The summed E-state index contributed by atoms with van der Waals surface area (Å²) in [4.78, 5) is 16.5. The zero-order valence-electron chi connectivity index (χ0n) is 14.8. The maximum Gasteiger partial charge on any atom is 0.261 e. The number of hydrogen-bond acceptors (Lipinski definition) is 4. The van der Waals surface area contributed by atoms with E-state index in [4.69, 9.17) is 20.8 Å². The molecule has 0 saturated heterocycles. The summed E-state index contributed by atoms with van der Waals surface area (Å²) in [6.07, 6.45) is -0.793. The van der Waals surface area contributed by atoms with E-state index in [-0.39, 0.29) is 18.2 Å². The number of amides is 1. The Morgan fingerprint density at radius 2 is 2.04 bits per heavy atom. The number of aryl methyl sites for hydroxylation is 1. The lowest BCUT2D eigenvalue weighted by Crippen LogP contribution is -2.36. The normalized spacial score (nSPS) is 11.9. The minimum atomic E-state index is -0.793. The van der Waals surface area contributed by atoms with Gasteiger partial charge in [-0.2, -0.15) is 0 Å². The predicted octanol–water partition coefficient (Wildman–Crippen LogP) is 4.53. The molecule has 0 bridgehead atoms. The van der Waals surface area contributed by atoms with Gasteiger partial charge in [0, 0.05) is 16.7 Å². The van der Waals surface area contributed by atoms with Gasteiger partial charge in [-0.1, -0.05) is 17.7 Å². The Kier molecular flexibility index (Phi) is 5.76. The molecule has 1 atom stereocenters. The molecule has 0 aliphatic heterocycles. The van der Waals surface area contributed by atoms with E-state index in [1.165, 1.54) is 18.2 Å². The summed E-state index contributed by atoms with van der Waals surface area (Å²) in [5.41, 5.74) is 1.57. The van der Waals surface area contributed by atoms with Crippen LogP contribution in [0, 0.1) is 12.7 Å². The van der Waals surface area contributed by atoms with Crippen molar-refractivity contribution in [3.63, 3.8) is 0 Å². The van der Waals surface area contributed by atoms with Crippen LogP contribution in [0.25, 0.3) is 11.3 Å². The van der Waals surface area contributed by atoms with Gasteiger partial charge in [0.2, 0.25) is 5.89 Å². The van der Waals surface area contributed by atoms with Crippen molar-refractivity contribution >= 4 is 17.5 Å². The fourth-order valence-electron chi connectivity index (χ4n) is 2.50.